The SMILES string of the molecule is C=CCOC(=O)Nc1cc(OC)c(OC)cc1C(=O)N1CC(O)CC1CO[Si](C)(C)C(C)(C)C. The Labute approximate surface area is 203 Å². The first-order valence-electron chi connectivity index (χ1n) is 11.3. The molecule has 34 heavy (non-hydrogen) atoms. The maximum atomic E-state index is 13.7. The average molecular weight is 495 g/mol. The zero-order valence-corrected chi connectivity index (χ0v) is 22.3. The number of carbonyl (C=O) groups is 2. The van der Waals surface area contributed by atoms with Crippen LogP contribution >= 0.6 is 0 Å². The van der Waals surface area contributed by atoms with E-state index in [2.05, 4.69) is 45.8 Å². The zero-order valence-electron chi connectivity index (χ0n) is 21.3. The Hall–Kier alpha value is -2.56. The number of nitrogens with zero attached hydrogens (tertiary/aromatic N) is 1. The highest BCUT2D eigenvalue weighted by atomic mass is 28.4. The van der Waals surface area contributed by atoms with Gasteiger partial charge in [0, 0.05) is 12.6 Å². The molecule has 1 aliphatic rings. The Morgan fingerprint density at radius 2 is 1.85 bits per heavy atom. The number of ether oxygens (including phenoxy) is 3. The molecule has 0 radical (unpaired) electrons. The van der Waals surface area contributed by atoms with Gasteiger partial charge in [0.15, 0.2) is 19.8 Å². The zero-order chi connectivity index (χ0) is 25.7. The third-order valence-electron chi connectivity index (χ3n) is 6.42. The van der Waals surface area contributed by atoms with Crippen LogP contribution < -0.4 is 14.8 Å². The predicted molar refractivity (Wildman–Crippen MR) is 133 cm³/mol. The summed E-state index contributed by atoms with van der Waals surface area (Å²) in [6.07, 6.45) is 0.461. The molecule has 1 aromatic carbocycles. The third-order valence-corrected chi connectivity index (χ3v) is 10.9. The number of nitrogens with one attached hydrogen (secondary N) is 1. The van der Waals surface area contributed by atoms with Gasteiger partial charge in [-0.25, -0.2) is 4.79 Å². The van der Waals surface area contributed by atoms with Crippen molar-refractivity contribution in [2.45, 2.75) is 57.5 Å². The van der Waals surface area contributed by atoms with Crippen molar-refractivity contribution in [2.75, 3.05) is 39.3 Å². The van der Waals surface area contributed by atoms with Gasteiger partial charge in [0.25, 0.3) is 5.91 Å². The molecule has 2 unspecified atom stereocenters. The molecule has 0 saturated carbocycles. The summed E-state index contributed by atoms with van der Waals surface area (Å²) in [5.74, 6) is 0.322. The molecule has 190 valence electrons. The smallest absolute Gasteiger partial charge is 0.411 e. The highest BCUT2D eigenvalue weighted by Crippen LogP contribution is 2.38. The van der Waals surface area contributed by atoms with Crippen molar-refractivity contribution in [1.82, 2.24) is 4.90 Å². The van der Waals surface area contributed by atoms with E-state index in [1.165, 1.54) is 32.4 Å². The first kappa shape index (κ1) is 27.7. The number of amides is 2. The van der Waals surface area contributed by atoms with E-state index in [0.29, 0.717) is 24.5 Å². The molecule has 1 aromatic rings. The molecule has 9 nitrogen and oxygen atoms in total. The first-order valence-corrected chi connectivity index (χ1v) is 14.2. The highest BCUT2D eigenvalue weighted by Gasteiger charge is 2.41. The number of hydrogen-bond acceptors (Lipinski definition) is 7. The summed E-state index contributed by atoms with van der Waals surface area (Å²) in [6.45, 7) is 14.8. The number of likely N-dealkylation sites (tertiary alicyclic amines) is 1. The molecular weight excluding hydrogens is 456 g/mol. The van der Waals surface area contributed by atoms with E-state index >= 15 is 0 Å². The van der Waals surface area contributed by atoms with Crippen LogP contribution in [0.4, 0.5) is 10.5 Å². The van der Waals surface area contributed by atoms with Gasteiger partial charge in [0.2, 0.25) is 0 Å². The molecule has 0 bridgehead atoms. The van der Waals surface area contributed by atoms with E-state index in [1.54, 1.807) is 4.90 Å². The maximum Gasteiger partial charge on any atom is 0.411 e. The molecule has 2 amide bonds. The van der Waals surface area contributed by atoms with Crippen molar-refractivity contribution in [3.8, 4) is 11.5 Å². The number of carbonyl (C=O) groups excluding carboxylic acids is 2. The molecule has 2 N–H and O–H groups in total. The number of anilines is 1. The number of hydrogen-bond donors (Lipinski definition) is 2. The van der Waals surface area contributed by atoms with Crippen LogP contribution in [0.3, 0.4) is 0 Å². The normalized spacial score (nSPS) is 18.4. The summed E-state index contributed by atoms with van der Waals surface area (Å²) in [5, 5.41) is 13.0. The minimum absolute atomic E-state index is 0.0191. The van der Waals surface area contributed by atoms with Crippen LogP contribution in [0, 0.1) is 0 Å². The van der Waals surface area contributed by atoms with E-state index in [9.17, 15) is 14.7 Å². The molecule has 10 heteroatoms. The number of methoxy groups -OCH3 is 2. The molecule has 0 spiro atoms. The Balaban J connectivity index is 2.36. The quantitative estimate of drug-likeness (QED) is 0.394. The van der Waals surface area contributed by atoms with E-state index < -0.39 is 20.5 Å². The van der Waals surface area contributed by atoms with Gasteiger partial charge in [-0.15, -0.1) is 0 Å². The summed E-state index contributed by atoms with van der Waals surface area (Å²) in [7, 11) is 0.879. The largest absolute Gasteiger partial charge is 0.493 e. The second kappa shape index (κ2) is 11.2. The molecule has 2 atom stereocenters. The summed E-state index contributed by atoms with van der Waals surface area (Å²) >= 11 is 0. The minimum atomic E-state index is -2.05. The molecule has 1 saturated heterocycles. The monoisotopic (exact) mass is 494 g/mol. The van der Waals surface area contributed by atoms with Crippen molar-refractivity contribution in [3.05, 3.63) is 30.4 Å². The van der Waals surface area contributed by atoms with Crippen molar-refractivity contribution in [1.29, 1.82) is 0 Å². The van der Waals surface area contributed by atoms with Crippen molar-refractivity contribution in [2.24, 2.45) is 0 Å². The van der Waals surface area contributed by atoms with Crippen LogP contribution in [0.25, 0.3) is 0 Å². The fourth-order valence-corrected chi connectivity index (χ4v) is 4.46. The topological polar surface area (TPSA) is 107 Å². The molecule has 1 aliphatic heterocycles. The lowest BCUT2D eigenvalue weighted by atomic mass is 10.1. The average Bonchev–Trinajstić information content (AvgIpc) is 3.15. The van der Waals surface area contributed by atoms with E-state index in [1.807, 2.05) is 0 Å². The number of rotatable bonds is 9. The molecule has 2 rings (SSSR count). The summed E-state index contributed by atoms with van der Waals surface area (Å²) in [5.41, 5.74) is 0.404. The van der Waals surface area contributed by atoms with Gasteiger partial charge >= 0.3 is 6.09 Å². The fourth-order valence-electron chi connectivity index (χ4n) is 3.41. The molecule has 0 aromatic heterocycles. The van der Waals surface area contributed by atoms with Crippen molar-refractivity contribution >= 4 is 26.0 Å². The Bertz CT molecular complexity index is 898. The van der Waals surface area contributed by atoms with Crippen LogP contribution in [0.5, 0.6) is 11.5 Å². The minimum Gasteiger partial charge on any atom is -0.493 e. The summed E-state index contributed by atoms with van der Waals surface area (Å²) < 4.78 is 22.1. The van der Waals surface area contributed by atoms with Gasteiger partial charge in [-0.2, -0.15) is 0 Å². The lowest BCUT2D eigenvalue weighted by molar-refractivity contribution is 0.0671. The number of aliphatic hydroxyl groups excluding tert-OH is 1. The van der Waals surface area contributed by atoms with E-state index in [-0.39, 0.29) is 41.4 Å². The molecular formula is C24H38N2O7Si. The van der Waals surface area contributed by atoms with Gasteiger partial charge in [0.1, 0.15) is 6.61 Å². The van der Waals surface area contributed by atoms with Gasteiger partial charge in [0.05, 0.1) is 44.2 Å². The van der Waals surface area contributed by atoms with Crippen LogP contribution in [-0.4, -0.2) is 76.4 Å². The number of β-amino-alcohol motifs (C(OH)–C–C–N with tert-alkyl or cyclic N) is 1. The van der Waals surface area contributed by atoms with Gasteiger partial charge in [-0.3, -0.25) is 10.1 Å². The maximum absolute atomic E-state index is 13.7. The van der Waals surface area contributed by atoms with Crippen molar-refractivity contribution in [3.63, 3.8) is 0 Å². The predicted octanol–water partition coefficient (Wildman–Crippen LogP) is 4.04. The number of benzene rings is 1. The number of aliphatic hydroxyl groups is 1. The summed E-state index contributed by atoms with van der Waals surface area (Å²) in [4.78, 5) is 27.5. The first-order chi connectivity index (χ1) is 15.8. The third kappa shape index (κ3) is 6.52. The van der Waals surface area contributed by atoms with Gasteiger partial charge in [-0.05, 0) is 30.6 Å². The van der Waals surface area contributed by atoms with Crippen LogP contribution in [-0.2, 0) is 9.16 Å². The van der Waals surface area contributed by atoms with Gasteiger partial charge in [-0.1, -0.05) is 33.4 Å². The van der Waals surface area contributed by atoms with Crippen LogP contribution in [0.2, 0.25) is 18.1 Å². The van der Waals surface area contributed by atoms with Crippen molar-refractivity contribution < 1.29 is 33.3 Å². The molecule has 1 heterocycles. The molecule has 0 aliphatic carbocycles. The second-order valence-corrected chi connectivity index (χ2v) is 14.6. The second-order valence-electron chi connectivity index (χ2n) is 9.84. The van der Waals surface area contributed by atoms with Crippen LogP contribution in [0.1, 0.15) is 37.6 Å². The highest BCUT2D eigenvalue weighted by molar-refractivity contribution is 6.74. The lowest BCUT2D eigenvalue weighted by Gasteiger charge is -2.38. The standard InChI is InChI=1S/C24H38N2O7Si/c1-9-10-32-23(29)25-19-13-21(31-6)20(30-5)12-18(19)22(28)26-14-17(27)11-16(26)15-33-34(7,8)24(2,3)4/h9,12-13,16-17,27H,1,10-11,14-15H2,2-8H3,(H,25,29). The Kier molecular flexibility index (Phi) is 9.15. The lowest BCUT2D eigenvalue weighted by Crippen LogP contribution is -2.46. The van der Waals surface area contributed by atoms with E-state index in [4.69, 9.17) is 18.6 Å². The van der Waals surface area contributed by atoms with E-state index in [0.717, 1.165) is 0 Å². The van der Waals surface area contributed by atoms with Gasteiger partial charge < -0.3 is 28.6 Å². The van der Waals surface area contributed by atoms with Crippen LogP contribution in [0.15, 0.2) is 24.8 Å². The summed E-state index contributed by atoms with van der Waals surface area (Å²) in [6, 6.07) is 2.72. The fraction of sp³-hybridized carbons (Fsp3) is 0.583. The molecule has 1 fully saturated rings. The Morgan fingerprint density at radius 3 is 2.41 bits per heavy atom. The Morgan fingerprint density at radius 1 is 1.24 bits per heavy atom.